The van der Waals surface area contributed by atoms with Gasteiger partial charge in [0.15, 0.2) is 0 Å². The maximum atomic E-state index is 12.2. The van der Waals surface area contributed by atoms with Crippen LogP contribution in [0.15, 0.2) is 52.0 Å². The number of aryl methyl sites for hydroxylation is 1. The van der Waals surface area contributed by atoms with Gasteiger partial charge in [0, 0.05) is 0 Å². The van der Waals surface area contributed by atoms with Crippen LogP contribution in [0.3, 0.4) is 0 Å². The molecule has 0 saturated heterocycles. The third-order valence-corrected chi connectivity index (χ3v) is 4.39. The van der Waals surface area contributed by atoms with E-state index < -0.39 is 16.1 Å². The van der Waals surface area contributed by atoms with Crippen LogP contribution < -0.4 is 4.72 Å². The molecule has 4 nitrogen and oxygen atoms in total. The molecule has 2 aromatic rings. The Labute approximate surface area is 107 Å². The maximum absolute atomic E-state index is 12.2. The van der Waals surface area contributed by atoms with E-state index in [0.717, 1.165) is 5.56 Å². The molecule has 1 atom stereocenters. The molecule has 2 rings (SSSR count). The second-order valence-electron chi connectivity index (χ2n) is 4.12. The summed E-state index contributed by atoms with van der Waals surface area (Å²) >= 11 is 0. The molecule has 18 heavy (non-hydrogen) atoms. The van der Waals surface area contributed by atoms with Crippen LogP contribution in [0.25, 0.3) is 0 Å². The van der Waals surface area contributed by atoms with E-state index in [1.165, 1.54) is 6.26 Å². The van der Waals surface area contributed by atoms with E-state index in [1.807, 2.05) is 6.07 Å². The normalized spacial score (nSPS) is 13.4. The lowest BCUT2D eigenvalue weighted by Gasteiger charge is -2.13. The lowest BCUT2D eigenvalue weighted by Crippen LogP contribution is -2.27. The van der Waals surface area contributed by atoms with Gasteiger partial charge in [-0.2, -0.15) is 0 Å². The quantitative estimate of drug-likeness (QED) is 0.924. The number of hydrogen-bond acceptors (Lipinski definition) is 3. The highest BCUT2D eigenvalue weighted by Crippen LogP contribution is 2.19. The fourth-order valence-electron chi connectivity index (χ4n) is 1.75. The molecule has 0 saturated carbocycles. The summed E-state index contributed by atoms with van der Waals surface area (Å²) in [6.07, 6.45) is 1.52. The van der Waals surface area contributed by atoms with Crippen LogP contribution >= 0.6 is 0 Å². The second kappa shape index (κ2) is 4.96. The molecule has 0 fully saturated rings. The summed E-state index contributed by atoms with van der Waals surface area (Å²) in [5.74, 6) is 0.590. The van der Waals surface area contributed by atoms with E-state index in [1.54, 1.807) is 44.2 Å². The van der Waals surface area contributed by atoms with Gasteiger partial charge in [0.25, 0.3) is 0 Å². The van der Waals surface area contributed by atoms with Crippen molar-refractivity contribution in [1.82, 2.24) is 4.72 Å². The number of sulfonamides is 1. The van der Waals surface area contributed by atoms with E-state index in [-0.39, 0.29) is 0 Å². The van der Waals surface area contributed by atoms with Crippen molar-refractivity contribution < 1.29 is 12.8 Å². The van der Waals surface area contributed by atoms with Crippen LogP contribution in [0.1, 0.15) is 24.3 Å². The zero-order valence-corrected chi connectivity index (χ0v) is 11.1. The third-order valence-electron chi connectivity index (χ3n) is 2.68. The topological polar surface area (TPSA) is 59.3 Å². The Morgan fingerprint density at radius 3 is 2.50 bits per heavy atom. The standard InChI is InChI=1S/C13H15NO3S/c1-10-6-3-4-8-13(10)18(15,16)14-11(2)12-7-5-9-17-12/h3-9,11,14H,1-2H3/t11-/m0/s1. The fraction of sp³-hybridized carbons (Fsp3) is 0.231. The summed E-state index contributed by atoms with van der Waals surface area (Å²) in [6.45, 7) is 3.51. The molecule has 0 amide bonds. The molecule has 0 aliphatic rings. The van der Waals surface area contributed by atoms with Gasteiger partial charge < -0.3 is 4.42 Å². The van der Waals surface area contributed by atoms with E-state index in [4.69, 9.17) is 4.42 Å². The first-order valence-corrected chi connectivity index (χ1v) is 7.10. The first kappa shape index (κ1) is 12.9. The van der Waals surface area contributed by atoms with Gasteiger partial charge >= 0.3 is 0 Å². The summed E-state index contributed by atoms with van der Waals surface area (Å²) in [5, 5.41) is 0. The predicted octanol–water partition coefficient (Wildman–Crippen LogP) is 2.63. The highest BCUT2D eigenvalue weighted by molar-refractivity contribution is 7.89. The van der Waals surface area contributed by atoms with Gasteiger partial charge in [0.2, 0.25) is 10.0 Å². The lowest BCUT2D eigenvalue weighted by molar-refractivity contribution is 0.459. The summed E-state index contributed by atoms with van der Waals surface area (Å²) in [5.41, 5.74) is 0.719. The average molecular weight is 265 g/mol. The third kappa shape index (κ3) is 2.63. The van der Waals surface area contributed by atoms with E-state index in [9.17, 15) is 8.42 Å². The highest BCUT2D eigenvalue weighted by atomic mass is 32.2. The SMILES string of the molecule is Cc1ccccc1S(=O)(=O)N[C@@H](C)c1ccco1. The van der Waals surface area contributed by atoms with Gasteiger partial charge in [-0.25, -0.2) is 13.1 Å². The molecular formula is C13H15NO3S. The Kier molecular flexibility index (Phi) is 3.54. The zero-order valence-electron chi connectivity index (χ0n) is 10.3. The molecule has 96 valence electrons. The van der Waals surface area contributed by atoms with Crippen LogP contribution in [0.4, 0.5) is 0 Å². The largest absolute Gasteiger partial charge is 0.468 e. The Morgan fingerprint density at radius 2 is 1.89 bits per heavy atom. The van der Waals surface area contributed by atoms with Gasteiger partial charge in [-0.15, -0.1) is 0 Å². The molecule has 1 aromatic carbocycles. The highest BCUT2D eigenvalue weighted by Gasteiger charge is 2.20. The van der Waals surface area contributed by atoms with Crippen LogP contribution in [0, 0.1) is 6.92 Å². The minimum absolute atomic E-state index is 0.295. The molecule has 1 heterocycles. The Bertz CT molecular complexity index is 617. The summed E-state index contributed by atoms with van der Waals surface area (Å²) in [4.78, 5) is 0.295. The predicted molar refractivity (Wildman–Crippen MR) is 68.6 cm³/mol. The van der Waals surface area contributed by atoms with Crippen molar-refractivity contribution >= 4 is 10.0 Å². The van der Waals surface area contributed by atoms with Crippen molar-refractivity contribution in [3.63, 3.8) is 0 Å². The van der Waals surface area contributed by atoms with Gasteiger partial charge in [-0.3, -0.25) is 0 Å². The van der Waals surface area contributed by atoms with Crippen molar-refractivity contribution in [1.29, 1.82) is 0 Å². The second-order valence-corrected chi connectivity index (χ2v) is 5.81. The van der Waals surface area contributed by atoms with Crippen molar-refractivity contribution in [2.45, 2.75) is 24.8 Å². The molecule has 0 bridgehead atoms. The summed E-state index contributed by atoms with van der Waals surface area (Å²) in [7, 11) is -3.53. The molecule has 0 aliphatic heterocycles. The van der Waals surface area contributed by atoms with Gasteiger partial charge in [-0.05, 0) is 37.6 Å². The van der Waals surface area contributed by atoms with Crippen LogP contribution in [-0.2, 0) is 10.0 Å². The van der Waals surface area contributed by atoms with E-state index in [0.29, 0.717) is 10.7 Å². The van der Waals surface area contributed by atoms with Gasteiger partial charge in [0.1, 0.15) is 5.76 Å². The molecule has 0 radical (unpaired) electrons. The molecule has 1 aromatic heterocycles. The first-order chi connectivity index (χ1) is 8.50. The Morgan fingerprint density at radius 1 is 1.17 bits per heavy atom. The molecule has 0 unspecified atom stereocenters. The lowest BCUT2D eigenvalue weighted by atomic mass is 10.2. The molecule has 5 heteroatoms. The fourth-order valence-corrected chi connectivity index (χ4v) is 3.21. The van der Waals surface area contributed by atoms with Crippen LogP contribution in [0.2, 0.25) is 0 Å². The minimum Gasteiger partial charge on any atom is -0.468 e. The molecule has 1 N–H and O–H groups in total. The zero-order chi connectivity index (χ0) is 13.2. The van der Waals surface area contributed by atoms with E-state index >= 15 is 0 Å². The average Bonchev–Trinajstić information content (AvgIpc) is 2.82. The number of rotatable bonds is 4. The number of nitrogens with one attached hydrogen (secondary N) is 1. The first-order valence-electron chi connectivity index (χ1n) is 5.62. The summed E-state index contributed by atoms with van der Waals surface area (Å²) < 4.78 is 32.2. The Hall–Kier alpha value is -1.59. The van der Waals surface area contributed by atoms with Gasteiger partial charge in [0.05, 0.1) is 17.2 Å². The monoisotopic (exact) mass is 265 g/mol. The maximum Gasteiger partial charge on any atom is 0.241 e. The number of furan rings is 1. The number of hydrogen-bond donors (Lipinski definition) is 1. The number of benzene rings is 1. The van der Waals surface area contributed by atoms with Crippen molar-refractivity contribution in [3.8, 4) is 0 Å². The minimum atomic E-state index is -3.53. The van der Waals surface area contributed by atoms with Crippen molar-refractivity contribution in [2.24, 2.45) is 0 Å². The van der Waals surface area contributed by atoms with Crippen LogP contribution in [-0.4, -0.2) is 8.42 Å². The Balaban J connectivity index is 2.26. The molecule has 0 aliphatic carbocycles. The molecule has 0 spiro atoms. The van der Waals surface area contributed by atoms with Crippen molar-refractivity contribution in [3.05, 3.63) is 54.0 Å². The molecular weight excluding hydrogens is 250 g/mol. The van der Waals surface area contributed by atoms with Crippen LogP contribution in [0.5, 0.6) is 0 Å². The van der Waals surface area contributed by atoms with E-state index in [2.05, 4.69) is 4.72 Å². The summed E-state index contributed by atoms with van der Waals surface area (Å²) in [6, 6.07) is 9.95. The smallest absolute Gasteiger partial charge is 0.241 e. The van der Waals surface area contributed by atoms with Crippen molar-refractivity contribution in [2.75, 3.05) is 0 Å². The van der Waals surface area contributed by atoms with Gasteiger partial charge in [-0.1, -0.05) is 18.2 Å².